The van der Waals surface area contributed by atoms with E-state index in [1.165, 1.54) is 6.92 Å². The molecule has 5 N–H and O–H groups in total. The zero-order valence-corrected chi connectivity index (χ0v) is 42.2. The summed E-state index contributed by atoms with van der Waals surface area (Å²) in [4.78, 5) is 23.6. The highest BCUT2D eigenvalue weighted by molar-refractivity contribution is 5.79. The van der Waals surface area contributed by atoms with Gasteiger partial charge in [0.25, 0.3) is 6.02 Å². The van der Waals surface area contributed by atoms with Crippen LogP contribution in [0.3, 0.4) is 0 Å². The van der Waals surface area contributed by atoms with Gasteiger partial charge in [-0.05, 0) is 104 Å². The van der Waals surface area contributed by atoms with E-state index in [0.29, 0.717) is 56.7 Å². The lowest BCUT2D eigenvalue weighted by Gasteiger charge is -2.55. The number of aliphatic imine (C=N–C) groups is 1. The summed E-state index contributed by atoms with van der Waals surface area (Å²) in [5, 5.41) is 52.1. The second-order valence-corrected chi connectivity index (χ2v) is 20.7. The van der Waals surface area contributed by atoms with Gasteiger partial charge in [0, 0.05) is 52.2 Å². The molecule has 67 heavy (non-hydrogen) atoms. The van der Waals surface area contributed by atoms with Crippen LogP contribution in [0.5, 0.6) is 5.75 Å². The van der Waals surface area contributed by atoms with Crippen molar-refractivity contribution in [1.29, 1.82) is 0 Å². The van der Waals surface area contributed by atoms with Gasteiger partial charge < -0.3 is 73.3 Å². The maximum Gasteiger partial charge on any atom is 0.311 e. The third kappa shape index (κ3) is 11.6. The first-order valence-electron chi connectivity index (χ1n) is 24.4. The number of benzene rings is 1. The van der Waals surface area contributed by atoms with E-state index in [4.69, 9.17) is 47.6 Å². The zero-order valence-electron chi connectivity index (χ0n) is 42.2. The van der Waals surface area contributed by atoms with Crippen molar-refractivity contribution in [2.75, 3.05) is 60.7 Å². The molecule has 18 atom stereocenters. The predicted molar refractivity (Wildman–Crippen MR) is 249 cm³/mol. The summed E-state index contributed by atoms with van der Waals surface area (Å²) in [5.41, 5.74) is -5.37. The molecule has 5 heterocycles. The molecule has 0 radical (unpaired) electrons. The summed E-state index contributed by atoms with van der Waals surface area (Å²) in [5.74, 6) is -1.99. The average molecular weight is 951 g/mol. The Balaban J connectivity index is 1.38. The summed E-state index contributed by atoms with van der Waals surface area (Å²) >= 11 is 0. The second-order valence-electron chi connectivity index (χ2n) is 20.7. The van der Waals surface area contributed by atoms with Crippen LogP contribution >= 0.6 is 0 Å². The molecule has 0 aliphatic carbocycles. The lowest BCUT2D eigenvalue weighted by molar-refractivity contribution is -0.338. The molecular formula is C49H82N4O14. The van der Waals surface area contributed by atoms with Crippen molar-refractivity contribution in [3.63, 3.8) is 0 Å². The molecule has 1 aromatic rings. The van der Waals surface area contributed by atoms with Gasteiger partial charge >= 0.3 is 5.97 Å². The molecule has 5 aliphatic rings. The quantitative estimate of drug-likeness (QED) is 0.213. The number of rotatable bonds is 10. The van der Waals surface area contributed by atoms with Gasteiger partial charge in [0.15, 0.2) is 18.7 Å². The van der Waals surface area contributed by atoms with Crippen LogP contribution in [0.2, 0.25) is 0 Å². The second kappa shape index (κ2) is 21.7. The molecule has 1 aromatic carbocycles. The maximum absolute atomic E-state index is 14.6. The van der Waals surface area contributed by atoms with E-state index >= 15 is 0 Å². The molecular weight excluding hydrogens is 869 g/mol. The normalized spacial score (nSPS) is 44.8. The monoisotopic (exact) mass is 951 g/mol. The zero-order chi connectivity index (χ0) is 49.2. The van der Waals surface area contributed by atoms with Crippen molar-refractivity contribution < 1.29 is 67.9 Å². The number of aliphatic hydroxyl groups excluding tert-OH is 1. The number of fused-ring (bicyclic) bond motifs is 1. The van der Waals surface area contributed by atoms with Crippen LogP contribution in [0.15, 0.2) is 29.3 Å². The molecule has 5 saturated heterocycles. The van der Waals surface area contributed by atoms with Crippen LogP contribution in [0.25, 0.3) is 0 Å². The number of cyclic esters (lactones) is 1. The maximum atomic E-state index is 14.6. The predicted octanol–water partition coefficient (Wildman–Crippen LogP) is 3.37. The number of nitrogens with zero attached hydrogens (tertiary/aromatic N) is 3. The fourth-order valence-corrected chi connectivity index (χ4v) is 11.0. The minimum Gasteiger partial charge on any atom is -0.497 e. The van der Waals surface area contributed by atoms with Gasteiger partial charge in [0.05, 0.1) is 68.0 Å². The summed E-state index contributed by atoms with van der Waals surface area (Å²) < 4.78 is 57.2. The first-order valence-corrected chi connectivity index (χ1v) is 24.4. The third-order valence-corrected chi connectivity index (χ3v) is 15.4. The minimum atomic E-state index is -1.83. The van der Waals surface area contributed by atoms with E-state index in [-0.39, 0.29) is 43.9 Å². The Bertz CT molecular complexity index is 1800. The van der Waals surface area contributed by atoms with Crippen LogP contribution < -0.4 is 10.1 Å². The van der Waals surface area contributed by atoms with Gasteiger partial charge in [0.1, 0.15) is 34.8 Å². The molecule has 382 valence electrons. The Hall–Kier alpha value is -2.72. The van der Waals surface area contributed by atoms with Gasteiger partial charge in [-0.2, -0.15) is 4.99 Å². The highest BCUT2D eigenvalue weighted by atomic mass is 16.7. The number of ether oxygens (including phenoxy) is 9. The lowest BCUT2D eigenvalue weighted by Crippen LogP contribution is -2.70. The van der Waals surface area contributed by atoms with E-state index in [2.05, 4.69) is 10.2 Å². The van der Waals surface area contributed by atoms with Crippen LogP contribution in [-0.2, 0) is 42.7 Å². The SMILES string of the molecule is CC[C@H]1OC(=O)[C@H](C)[C@@H](O[C@H]2C[C@@](C)(OC)[C@](O)(CN3CCOCC3)[C@H](C)O2)[C@H](C)[C@@H](O[C@@H]2O[C@H](C)C[C@H]3[C@H]2OC(=Nc2ccc(OC)cc2)N3C)[C@](C)(O)C[C@@H](C)CN[C@H](C)[C@@H](O)[C@]1(C)O. The fraction of sp³-hybridized carbons (Fsp3) is 0.837. The van der Waals surface area contributed by atoms with Crippen molar-refractivity contribution in [2.24, 2.45) is 22.7 Å². The Morgan fingerprint density at radius 3 is 2.22 bits per heavy atom. The van der Waals surface area contributed by atoms with Gasteiger partial charge in [-0.1, -0.05) is 20.8 Å². The summed E-state index contributed by atoms with van der Waals surface area (Å²) in [7, 11) is 5.09. The molecule has 0 amide bonds. The average Bonchev–Trinajstić information content (AvgIpc) is 3.60. The molecule has 5 fully saturated rings. The number of esters is 1. The van der Waals surface area contributed by atoms with E-state index in [9.17, 15) is 25.2 Å². The number of hydrogen-bond donors (Lipinski definition) is 5. The van der Waals surface area contributed by atoms with Crippen LogP contribution in [0.1, 0.15) is 94.9 Å². The van der Waals surface area contributed by atoms with Crippen LogP contribution in [-0.4, -0.2) is 193 Å². The third-order valence-electron chi connectivity index (χ3n) is 15.4. The number of amidine groups is 1. The number of β-amino-alcohol motifs (C(OH)–C–C–N with tert-alkyl or cyclic N) is 1. The van der Waals surface area contributed by atoms with Crippen LogP contribution in [0, 0.1) is 17.8 Å². The number of aliphatic hydroxyl groups is 4. The minimum absolute atomic E-state index is 0.0875. The first-order chi connectivity index (χ1) is 31.5. The van der Waals surface area contributed by atoms with E-state index in [0.717, 1.165) is 0 Å². The van der Waals surface area contributed by atoms with Crippen molar-refractivity contribution in [2.45, 2.75) is 185 Å². The van der Waals surface area contributed by atoms with Crippen molar-refractivity contribution in [3.8, 4) is 5.75 Å². The van der Waals surface area contributed by atoms with Gasteiger partial charge in [-0.15, -0.1) is 0 Å². The van der Waals surface area contributed by atoms with Gasteiger partial charge in [0.2, 0.25) is 0 Å². The van der Waals surface area contributed by atoms with Crippen LogP contribution in [0.4, 0.5) is 5.69 Å². The molecule has 18 heteroatoms. The number of hydrogen-bond acceptors (Lipinski definition) is 17. The van der Waals surface area contributed by atoms with E-state index < -0.39 is 95.5 Å². The largest absolute Gasteiger partial charge is 0.497 e. The topological polar surface area (TPSA) is 212 Å². The lowest BCUT2D eigenvalue weighted by atomic mass is 9.74. The number of likely N-dealkylation sites (N-methyl/N-ethyl adjacent to an activating group) is 1. The molecule has 0 unspecified atom stereocenters. The summed E-state index contributed by atoms with van der Waals surface area (Å²) in [6.45, 7) is 20.9. The molecule has 0 spiro atoms. The Labute approximate surface area is 397 Å². The Morgan fingerprint density at radius 1 is 0.925 bits per heavy atom. The molecule has 0 aromatic heterocycles. The van der Waals surface area contributed by atoms with E-state index in [1.54, 1.807) is 48.8 Å². The molecule has 5 aliphatic heterocycles. The van der Waals surface area contributed by atoms with Crippen molar-refractivity contribution >= 4 is 17.7 Å². The Kier molecular flexibility index (Phi) is 17.4. The first kappa shape index (κ1) is 53.6. The van der Waals surface area contributed by atoms with E-state index in [1.807, 2.05) is 63.9 Å². The number of carbonyl (C=O) groups is 1. The fourth-order valence-electron chi connectivity index (χ4n) is 11.0. The molecule has 0 bridgehead atoms. The van der Waals surface area contributed by atoms with Crippen molar-refractivity contribution in [3.05, 3.63) is 24.3 Å². The number of nitrogens with one attached hydrogen (secondary N) is 1. The molecule has 0 saturated carbocycles. The summed E-state index contributed by atoms with van der Waals surface area (Å²) in [6.07, 6.45) is -7.10. The number of carbonyl (C=O) groups excluding carboxylic acids is 1. The standard InChI is InChI=1S/C49H82N4O14/c1-14-37-48(10,57)41(54)32(6)50-26-28(2)24-46(8,56)42(67-44-40-36(23-29(3)62-44)52(11)45(66-40)51-34-15-17-35(59-12)18-16-34)30(4)39(31(5)43(55)64-37)65-38-25-47(9,60-13)49(58,33(7)63-38)27-53-19-21-61-22-20-53/h15-18,28-33,36-42,44,50,54,56-58H,14,19-27H2,1-13H3/t28-,29-,30+,31-,32-,33+,36+,37-,38+,39+,40-,41-,42-,44+,46-,47-,48-,49+/m1/s1. The van der Waals surface area contributed by atoms with Gasteiger partial charge in [-0.25, -0.2) is 0 Å². The molecule has 18 nitrogen and oxygen atoms in total. The number of methoxy groups -OCH3 is 2. The Morgan fingerprint density at radius 2 is 1.60 bits per heavy atom. The summed E-state index contributed by atoms with van der Waals surface area (Å²) in [6, 6.07) is 6.94. The van der Waals surface area contributed by atoms with Gasteiger partial charge in [-0.3, -0.25) is 9.69 Å². The highest BCUT2D eigenvalue weighted by Crippen LogP contribution is 2.44. The molecule has 6 rings (SSSR count). The number of morpholine rings is 1. The smallest absolute Gasteiger partial charge is 0.311 e. The van der Waals surface area contributed by atoms with Crippen molar-refractivity contribution in [1.82, 2.24) is 15.1 Å². The highest BCUT2D eigenvalue weighted by Gasteiger charge is 2.59.